The van der Waals surface area contributed by atoms with Gasteiger partial charge in [-0.15, -0.1) is 0 Å². The zero-order valence-electron chi connectivity index (χ0n) is 21.2. The van der Waals surface area contributed by atoms with E-state index in [-0.39, 0.29) is 6.61 Å². The molecule has 3 N–H and O–H groups in total. The zero-order chi connectivity index (χ0) is 23.4. The van der Waals surface area contributed by atoms with Gasteiger partial charge < -0.3 is 24.8 Å². The Hall–Kier alpha value is -0.200. The SMILES string of the molecule is CCCCCCCCCCCCC(CCCCCCCC)COC1OC[C@@H](O)[C@H](O)[C@@H]1O. The van der Waals surface area contributed by atoms with Crippen LogP contribution in [0.25, 0.3) is 0 Å². The van der Waals surface area contributed by atoms with E-state index in [9.17, 15) is 15.3 Å². The summed E-state index contributed by atoms with van der Waals surface area (Å²) < 4.78 is 11.3. The lowest BCUT2D eigenvalue weighted by molar-refractivity contribution is -0.272. The Morgan fingerprint density at radius 3 is 1.56 bits per heavy atom. The van der Waals surface area contributed by atoms with Crippen LogP contribution in [0.5, 0.6) is 0 Å². The summed E-state index contributed by atoms with van der Waals surface area (Å²) in [5.41, 5.74) is 0. The first-order chi connectivity index (χ1) is 15.6. The van der Waals surface area contributed by atoms with Crippen LogP contribution in [0.4, 0.5) is 0 Å². The van der Waals surface area contributed by atoms with Gasteiger partial charge in [0.15, 0.2) is 6.29 Å². The number of ether oxygens (including phenoxy) is 2. The summed E-state index contributed by atoms with van der Waals surface area (Å²) in [6, 6.07) is 0. The molecular weight excluding hydrogens is 404 g/mol. The molecule has 32 heavy (non-hydrogen) atoms. The molecule has 0 aromatic heterocycles. The molecule has 1 rings (SSSR count). The normalized spacial score (nSPS) is 24.7. The average Bonchev–Trinajstić information content (AvgIpc) is 2.79. The number of hydrogen-bond donors (Lipinski definition) is 3. The van der Waals surface area contributed by atoms with Crippen molar-refractivity contribution in [2.24, 2.45) is 5.92 Å². The van der Waals surface area contributed by atoms with E-state index in [0.29, 0.717) is 12.5 Å². The molecule has 2 unspecified atom stereocenters. The molecule has 0 bridgehead atoms. The first kappa shape index (κ1) is 29.8. The molecule has 0 aromatic rings. The molecule has 5 atom stereocenters. The Morgan fingerprint density at radius 2 is 1.09 bits per heavy atom. The minimum atomic E-state index is -1.20. The van der Waals surface area contributed by atoms with E-state index in [1.54, 1.807) is 0 Å². The second kappa shape index (κ2) is 20.2. The molecule has 1 aliphatic rings. The van der Waals surface area contributed by atoms with Crippen LogP contribution < -0.4 is 0 Å². The highest BCUT2D eigenvalue weighted by Gasteiger charge is 2.38. The summed E-state index contributed by atoms with van der Waals surface area (Å²) in [5, 5.41) is 29.6. The average molecular weight is 459 g/mol. The molecule has 5 heteroatoms. The smallest absolute Gasteiger partial charge is 0.186 e. The van der Waals surface area contributed by atoms with Gasteiger partial charge in [0.05, 0.1) is 13.2 Å². The van der Waals surface area contributed by atoms with E-state index in [0.717, 1.165) is 12.8 Å². The lowest BCUT2D eigenvalue weighted by Gasteiger charge is -2.35. The fraction of sp³-hybridized carbons (Fsp3) is 1.00. The van der Waals surface area contributed by atoms with Gasteiger partial charge in [-0.1, -0.05) is 117 Å². The highest BCUT2D eigenvalue weighted by molar-refractivity contribution is 4.82. The summed E-state index contributed by atoms with van der Waals surface area (Å²) in [7, 11) is 0. The molecule has 0 saturated carbocycles. The minimum absolute atomic E-state index is 0.00341. The third-order valence-corrected chi connectivity index (χ3v) is 6.88. The van der Waals surface area contributed by atoms with E-state index in [2.05, 4.69) is 13.8 Å². The summed E-state index contributed by atoms with van der Waals surface area (Å²) >= 11 is 0. The molecule has 1 heterocycles. The minimum Gasteiger partial charge on any atom is -0.388 e. The van der Waals surface area contributed by atoms with E-state index in [4.69, 9.17) is 9.47 Å². The molecule has 1 saturated heterocycles. The van der Waals surface area contributed by atoms with Crippen LogP contribution in [0.2, 0.25) is 0 Å². The summed E-state index contributed by atoms with van der Waals surface area (Å²) in [5.74, 6) is 0.468. The van der Waals surface area contributed by atoms with E-state index >= 15 is 0 Å². The zero-order valence-corrected chi connectivity index (χ0v) is 21.2. The first-order valence-electron chi connectivity index (χ1n) is 13.9. The number of rotatable bonds is 21. The Labute approximate surface area is 198 Å². The van der Waals surface area contributed by atoms with Crippen molar-refractivity contribution in [3.63, 3.8) is 0 Å². The van der Waals surface area contributed by atoms with E-state index < -0.39 is 24.6 Å². The lowest BCUT2D eigenvalue weighted by atomic mass is 9.94. The van der Waals surface area contributed by atoms with Gasteiger partial charge in [-0.05, 0) is 18.8 Å². The summed E-state index contributed by atoms with van der Waals surface area (Å²) in [6.07, 6.45) is 19.2. The van der Waals surface area contributed by atoms with Crippen molar-refractivity contribution in [3.05, 3.63) is 0 Å². The third kappa shape index (κ3) is 14.1. The van der Waals surface area contributed by atoms with Crippen molar-refractivity contribution < 1.29 is 24.8 Å². The Bertz CT molecular complexity index is 406. The highest BCUT2D eigenvalue weighted by atomic mass is 16.7. The van der Waals surface area contributed by atoms with Gasteiger partial charge in [-0.25, -0.2) is 0 Å². The summed E-state index contributed by atoms with van der Waals surface area (Å²) in [6.45, 7) is 5.07. The maximum atomic E-state index is 10.1. The fourth-order valence-corrected chi connectivity index (χ4v) is 4.60. The van der Waals surface area contributed by atoms with Crippen LogP contribution in [0, 0.1) is 5.92 Å². The standard InChI is InChI=1S/C27H54O5/c1-3-5-7-9-11-12-13-14-16-18-20-23(19-17-15-10-8-6-4-2)21-31-27-26(30)25(29)24(28)22-32-27/h23-30H,3-22H2,1-2H3/t23?,24-,25+,26+,27?/m1/s1. The molecule has 192 valence electrons. The predicted molar refractivity (Wildman–Crippen MR) is 132 cm³/mol. The van der Waals surface area contributed by atoms with Crippen molar-refractivity contribution >= 4 is 0 Å². The van der Waals surface area contributed by atoms with Gasteiger partial charge in [0.1, 0.15) is 18.3 Å². The van der Waals surface area contributed by atoms with Crippen molar-refractivity contribution in [2.75, 3.05) is 13.2 Å². The van der Waals surface area contributed by atoms with Crippen molar-refractivity contribution in [1.29, 1.82) is 0 Å². The molecule has 5 nitrogen and oxygen atoms in total. The Morgan fingerprint density at radius 1 is 0.656 bits per heavy atom. The molecule has 0 aliphatic carbocycles. The molecule has 0 amide bonds. The molecule has 0 spiro atoms. The first-order valence-corrected chi connectivity index (χ1v) is 13.9. The highest BCUT2D eigenvalue weighted by Crippen LogP contribution is 2.23. The van der Waals surface area contributed by atoms with Crippen LogP contribution in [0.1, 0.15) is 129 Å². The van der Waals surface area contributed by atoms with Gasteiger partial charge in [-0.2, -0.15) is 0 Å². The van der Waals surface area contributed by atoms with Gasteiger partial charge in [0.2, 0.25) is 0 Å². The number of unbranched alkanes of at least 4 members (excludes halogenated alkanes) is 14. The molecule has 1 fully saturated rings. The van der Waals surface area contributed by atoms with Gasteiger partial charge in [0.25, 0.3) is 0 Å². The van der Waals surface area contributed by atoms with Crippen LogP contribution in [0.15, 0.2) is 0 Å². The largest absolute Gasteiger partial charge is 0.388 e. The van der Waals surface area contributed by atoms with Gasteiger partial charge in [0, 0.05) is 0 Å². The van der Waals surface area contributed by atoms with Crippen LogP contribution in [0.3, 0.4) is 0 Å². The molecular formula is C27H54O5. The maximum Gasteiger partial charge on any atom is 0.186 e. The Kier molecular flexibility index (Phi) is 18.8. The fourth-order valence-electron chi connectivity index (χ4n) is 4.60. The number of aliphatic hydroxyl groups excluding tert-OH is 3. The Balaban J connectivity index is 2.24. The van der Waals surface area contributed by atoms with Gasteiger partial charge in [-0.3, -0.25) is 0 Å². The van der Waals surface area contributed by atoms with Crippen LogP contribution in [-0.4, -0.2) is 53.1 Å². The summed E-state index contributed by atoms with van der Waals surface area (Å²) in [4.78, 5) is 0. The second-order valence-electron chi connectivity index (χ2n) is 9.98. The maximum absolute atomic E-state index is 10.1. The van der Waals surface area contributed by atoms with Crippen LogP contribution in [-0.2, 0) is 9.47 Å². The van der Waals surface area contributed by atoms with E-state index in [1.165, 1.54) is 103 Å². The van der Waals surface area contributed by atoms with Gasteiger partial charge >= 0.3 is 0 Å². The van der Waals surface area contributed by atoms with E-state index in [1.807, 2.05) is 0 Å². The molecule has 0 aromatic carbocycles. The quantitative estimate of drug-likeness (QED) is 0.181. The number of aliphatic hydroxyl groups is 3. The third-order valence-electron chi connectivity index (χ3n) is 6.88. The van der Waals surface area contributed by atoms with Crippen LogP contribution >= 0.6 is 0 Å². The predicted octanol–water partition coefficient (Wildman–Crippen LogP) is 6.12. The topological polar surface area (TPSA) is 79.2 Å². The monoisotopic (exact) mass is 458 g/mol. The lowest BCUT2D eigenvalue weighted by Crippen LogP contribution is -2.53. The second-order valence-corrected chi connectivity index (χ2v) is 9.98. The molecule has 0 radical (unpaired) electrons. The molecule has 1 aliphatic heterocycles. The number of hydrogen-bond acceptors (Lipinski definition) is 5. The van der Waals surface area contributed by atoms with Crippen molar-refractivity contribution in [1.82, 2.24) is 0 Å². The van der Waals surface area contributed by atoms with Crippen molar-refractivity contribution in [3.8, 4) is 0 Å². The van der Waals surface area contributed by atoms with Crippen molar-refractivity contribution in [2.45, 2.75) is 154 Å².